The number of carbonyl (C=O) groups is 2. The first kappa shape index (κ1) is 9.71. The van der Waals surface area contributed by atoms with Gasteiger partial charge in [-0.15, -0.1) is 0 Å². The fourth-order valence-corrected chi connectivity index (χ4v) is 0.824. The second-order valence-corrected chi connectivity index (χ2v) is 2.42. The summed E-state index contributed by atoms with van der Waals surface area (Å²) in [5.74, 6) is -2.31. The predicted molar refractivity (Wildman–Crippen MR) is 47.9 cm³/mol. The lowest BCUT2D eigenvalue weighted by Crippen LogP contribution is -2.22. The maximum absolute atomic E-state index is 10.7. The fourth-order valence-electron chi connectivity index (χ4n) is 0.824. The summed E-state index contributed by atoms with van der Waals surface area (Å²) in [6.07, 6.45) is 0. The first-order valence-electron chi connectivity index (χ1n) is 3.46. The fraction of sp³-hybridized carbons (Fsp3) is 0. The highest BCUT2D eigenvalue weighted by Gasteiger charge is 2.16. The van der Waals surface area contributed by atoms with E-state index in [0.29, 0.717) is 0 Å². The number of carbonyl (C=O) groups excluding carboxylic acids is 2. The molecular weight excluding hydrogens is 188 g/mol. The topological polar surface area (TPSA) is 164 Å². The van der Waals surface area contributed by atoms with Gasteiger partial charge in [-0.2, -0.15) is 0 Å². The van der Waals surface area contributed by atoms with Crippen LogP contribution in [0.1, 0.15) is 21.0 Å². The first-order valence-corrected chi connectivity index (χ1v) is 3.46. The number of nitrogen functional groups attached to an aromatic ring is 2. The molecule has 0 bridgehead atoms. The molecular formula is C6H8N6O2. The minimum Gasteiger partial charge on any atom is -0.382 e. The first-order chi connectivity index (χ1) is 6.43. The largest absolute Gasteiger partial charge is 0.382 e. The molecule has 8 N–H and O–H groups in total. The number of primary amides is 2. The van der Waals surface area contributed by atoms with E-state index in [0.717, 1.165) is 0 Å². The highest BCUT2D eigenvalue weighted by Crippen LogP contribution is 2.11. The maximum Gasteiger partial charge on any atom is 0.271 e. The number of anilines is 2. The molecule has 0 unspecified atom stereocenters. The molecule has 0 fully saturated rings. The van der Waals surface area contributed by atoms with Crippen LogP contribution in [-0.2, 0) is 0 Å². The van der Waals surface area contributed by atoms with Gasteiger partial charge in [-0.25, -0.2) is 9.97 Å². The van der Waals surface area contributed by atoms with Gasteiger partial charge in [0.1, 0.15) is 0 Å². The Kier molecular flexibility index (Phi) is 2.19. The normalized spacial score (nSPS) is 9.71. The van der Waals surface area contributed by atoms with Crippen LogP contribution in [0.5, 0.6) is 0 Å². The van der Waals surface area contributed by atoms with Crippen LogP contribution in [0.3, 0.4) is 0 Å². The van der Waals surface area contributed by atoms with Crippen molar-refractivity contribution in [2.24, 2.45) is 11.5 Å². The van der Waals surface area contributed by atoms with Crippen molar-refractivity contribution in [2.75, 3.05) is 11.5 Å². The minimum absolute atomic E-state index is 0.277. The van der Waals surface area contributed by atoms with Crippen molar-refractivity contribution in [1.82, 2.24) is 9.97 Å². The minimum atomic E-state index is -0.877. The van der Waals surface area contributed by atoms with Crippen LogP contribution < -0.4 is 22.9 Å². The second kappa shape index (κ2) is 3.17. The van der Waals surface area contributed by atoms with Crippen LogP contribution in [0.25, 0.3) is 0 Å². The molecule has 1 rings (SSSR count). The number of rotatable bonds is 2. The van der Waals surface area contributed by atoms with Gasteiger partial charge in [0.25, 0.3) is 11.8 Å². The highest BCUT2D eigenvalue weighted by atomic mass is 16.1. The summed E-state index contributed by atoms with van der Waals surface area (Å²) in [5, 5.41) is 0. The number of amides is 2. The summed E-state index contributed by atoms with van der Waals surface area (Å²) < 4.78 is 0. The van der Waals surface area contributed by atoms with Crippen molar-refractivity contribution in [3.05, 3.63) is 11.4 Å². The quantitative estimate of drug-likeness (QED) is 0.420. The van der Waals surface area contributed by atoms with Crippen molar-refractivity contribution in [3.8, 4) is 0 Å². The molecule has 8 heteroatoms. The molecule has 0 saturated heterocycles. The Bertz CT molecular complexity index is 375. The van der Waals surface area contributed by atoms with Gasteiger partial charge in [0.15, 0.2) is 23.0 Å². The lowest BCUT2D eigenvalue weighted by Gasteiger charge is -2.04. The molecule has 8 nitrogen and oxygen atoms in total. The van der Waals surface area contributed by atoms with E-state index in [-0.39, 0.29) is 23.0 Å². The van der Waals surface area contributed by atoms with Crippen LogP contribution >= 0.6 is 0 Å². The van der Waals surface area contributed by atoms with Gasteiger partial charge in [0.05, 0.1) is 0 Å². The van der Waals surface area contributed by atoms with Gasteiger partial charge in [-0.05, 0) is 0 Å². The van der Waals surface area contributed by atoms with E-state index in [9.17, 15) is 9.59 Å². The van der Waals surface area contributed by atoms with Gasteiger partial charge >= 0.3 is 0 Å². The molecule has 1 aromatic rings. The van der Waals surface area contributed by atoms with Crippen LogP contribution in [0, 0.1) is 0 Å². The lowest BCUT2D eigenvalue weighted by atomic mass is 10.3. The number of aromatic nitrogens is 2. The molecule has 1 aromatic heterocycles. The number of nitrogens with zero attached hydrogens (tertiary/aromatic N) is 2. The zero-order valence-electron chi connectivity index (χ0n) is 7.02. The zero-order chi connectivity index (χ0) is 10.9. The standard InChI is InChI=1S/C6H8N6O2/c7-3-1(5(9)13)11-4(8)2(12-3)6(10)14/h(H2,8,11)(H2,7,12)(H2,9,13)(H2,10,14). The molecule has 0 atom stereocenters. The summed E-state index contributed by atoms with van der Waals surface area (Å²) in [6.45, 7) is 0. The second-order valence-electron chi connectivity index (χ2n) is 2.42. The molecule has 0 aliphatic rings. The van der Waals surface area contributed by atoms with Gasteiger partial charge in [0, 0.05) is 0 Å². The number of hydrogen-bond donors (Lipinski definition) is 4. The van der Waals surface area contributed by atoms with Crippen LogP contribution in [0.15, 0.2) is 0 Å². The van der Waals surface area contributed by atoms with Crippen LogP contribution in [0.4, 0.5) is 11.6 Å². The molecule has 2 amide bonds. The molecule has 0 saturated carbocycles. The summed E-state index contributed by atoms with van der Waals surface area (Å²) in [7, 11) is 0. The molecule has 0 radical (unpaired) electrons. The van der Waals surface area contributed by atoms with Crippen molar-refractivity contribution in [1.29, 1.82) is 0 Å². The Morgan fingerprint density at radius 3 is 1.36 bits per heavy atom. The van der Waals surface area contributed by atoms with Crippen molar-refractivity contribution in [2.45, 2.75) is 0 Å². The third-order valence-corrected chi connectivity index (χ3v) is 1.42. The maximum atomic E-state index is 10.7. The Labute approximate surface area is 78.3 Å². The van der Waals surface area contributed by atoms with Gasteiger partial charge in [-0.1, -0.05) is 0 Å². The average Bonchev–Trinajstić information content (AvgIpc) is 2.07. The van der Waals surface area contributed by atoms with Gasteiger partial charge in [0.2, 0.25) is 0 Å². The molecule has 0 aliphatic heterocycles. The Hall–Kier alpha value is -2.38. The SMILES string of the molecule is NC(=O)c1nc(N)c(C(N)=O)nc1N. The highest BCUT2D eigenvalue weighted by molar-refractivity contribution is 5.99. The molecule has 0 aromatic carbocycles. The monoisotopic (exact) mass is 196 g/mol. The van der Waals surface area contributed by atoms with E-state index < -0.39 is 11.8 Å². The van der Waals surface area contributed by atoms with E-state index in [2.05, 4.69) is 9.97 Å². The molecule has 14 heavy (non-hydrogen) atoms. The lowest BCUT2D eigenvalue weighted by molar-refractivity contribution is 0.0982. The van der Waals surface area contributed by atoms with E-state index in [1.807, 2.05) is 0 Å². The average molecular weight is 196 g/mol. The molecule has 0 spiro atoms. The van der Waals surface area contributed by atoms with Crippen LogP contribution in [0.2, 0.25) is 0 Å². The number of hydrogen-bond acceptors (Lipinski definition) is 6. The Balaban J connectivity index is 3.38. The zero-order valence-corrected chi connectivity index (χ0v) is 7.02. The molecule has 1 heterocycles. The van der Waals surface area contributed by atoms with E-state index in [4.69, 9.17) is 22.9 Å². The Morgan fingerprint density at radius 2 is 1.14 bits per heavy atom. The van der Waals surface area contributed by atoms with Crippen molar-refractivity contribution >= 4 is 23.5 Å². The third kappa shape index (κ3) is 1.53. The molecule has 0 aliphatic carbocycles. The Morgan fingerprint density at radius 1 is 0.857 bits per heavy atom. The number of nitrogens with two attached hydrogens (primary N) is 4. The van der Waals surface area contributed by atoms with E-state index in [1.165, 1.54) is 0 Å². The predicted octanol–water partition coefficient (Wildman–Crippen LogP) is -2.16. The van der Waals surface area contributed by atoms with Crippen LogP contribution in [-0.4, -0.2) is 21.8 Å². The molecule has 74 valence electrons. The van der Waals surface area contributed by atoms with Gasteiger partial charge < -0.3 is 22.9 Å². The summed E-state index contributed by atoms with van der Waals surface area (Å²) in [5.41, 5.74) is 19.8. The van der Waals surface area contributed by atoms with E-state index in [1.54, 1.807) is 0 Å². The smallest absolute Gasteiger partial charge is 0.271 e. The summed E-state index contributed by atoms with van der Waals surface area (Å²) in [6, 6.07) is 0. The third-order valence-electron chi connectivity index (χ3n) is 1.42. The van der Waals surface area contributed by atoms with Crippen molar-refractivity contribution < 1.29 is 9.59 Å². The van der Waals surface area contributed by atoms with Crippen molar-refractivity contribution in [3.63, 3.8) is 0 Å². The van der Waals surface area contributed by atoms with E-state index >= 15 is 0 Å². The summed E-state index contributed by atoms with van der Waals surface area (Å²) >= 11 is 0. The van der Waals surface area contributed by atoms with Gasteiger partial charge in [-0.3, -0.25) is 9.59 Å². The summed E-state index contributed by atoms with van der Waals surface area (Å²) in [4.78, 5) is 28.5.